The van der Waals surface area contributed by atoms with E-state index in [1.54, 1.807) is 38.5 Å². The van der Waals surface area contributed by atoms with Crippen molar-refractivity contribution in [1.29, 1.82) is 10.5 Å². The standard InChI is InChI=1S/C38H42Br2N2O5/c1-5-7-9-11-17-45-37-27(19-31(39)23-35(37)43-3)13-15-33-21-29(30(25-41)26-42)22-34(47-33)16-14-28-20-32(40)24-36(44-4)38(28)46-18-12-10-8-6-2/h13-16,19-24H,5-12,17-18H2,1-4H3/b15-13+,16-14+. The molecule has 7 nitrogen and oxygen atoms in total. The number of allylic oxidation sites excluding steroid dienone is 6. The number of hydrogen-bond donors (Lipinski definition) is 0. The fourth-order valence-corrected chi connectivity index (χ4v) is 5.70. The molecule has 1 heterocycles. The molecule has 0 saturated heterocycles. The number of rotatable bonds is 18. The Morgan fingerprint density at radius 1 is 0.681 bits per heavy atom. The van der Waals surface area contributed by atoms with Crippen LogP contribution in [0, 0.1) is 22.7 Å². The van der Waals surface area contributed by atoms with Crippen LogP contribution in [0.2, 0.25) is 0 Å². The molecule has 0 aromatic heterocycles. The molecule has 0 atom stereocenters. The molecule has 0 bridgehead atoms. The van der Waals surface area contributed by atoms with Gasteiger partial charge in [-0.1, -0.05) is 84.2 Å². The predicted molar refractivity (Wildman–Crippen MR) is 194 cm³/mol. The quantitative estimate of drug-likeness (QED) is 0.110. The van der Waals surface area contributed by atoms with E-state index < -0.39 is 0 Å². The Morgan fingerprint density at radius 3 is 1.51 bits per heavy atom. The Kier molecular flexibility index (Phi) is 16.2. The monoisotopic (exact) mass is 764 g/mol. The zero-order valence-electron chi connectivity index (χ0n) is 27.5. The third-order valence-electron chi connectivity index (χ3n) is 7.22. The summed E-state index contributed by atoms with van der Waals surface area (Å²) in [6.07, 6.45) is 19.3. The summed E-state index contributed by atoms with van der Waals surface area (Å²) in [5, 5.41) is 19.3. The molecule has 47 heavy (non-hydrogen) atoms. The van der Waals surface area contributed by atoms with Crippen molar-refractivity contribution in [2.75, 3.05) is 27.4 Å². The summed E-state index contributed by atoms with van der Waals surface area (Å²) in [5.41, 5.74) is 2.00. The van der Waals surface area contributed by atoms with Gasteiger partial charge < -0.3 is 23.7 Å². The highest BCUT2D eigenvalue weighted by molar-refractivity contribution is 9.10. The molecule has 0 radical (unpaired) electrons. The lowest BCUT2D eigenvalue weighted by atomic mass is 10.0. The van der Waals surface area contributed by atoms with Crippen molar-refractivity contribution in [3.05, 3.63) is 91.3 Å². The van der Waals surface area contributed by atoms with E-state index in [2.05, 4.69) is 45.7 Å². The Labute approximate surface area is 296 Å². The van der Waals surface area contributed by atoms with Crippen molar-refractivity contribution in [3.63, 3.8) is 0 Å². The van der Waals surface area contributed by atoms with Crippen LogP contribution in [0.1, 0.15) is 76.3 Å². The van der Waals surface area contributed by atoms with Gasteiger partial charge in [0, 0.05) is 25.6 Å². The van der Waals surface area contributed by atoms with Gasteiger partial charge in [0.2, 0.25) is 0 Å². The van der Waals surface area contributed by atoms with Crippen LogP contribution >= 0.6 is 31.9 Å². The van der Waals surface area contributed by atoms with Gasteiger partial charge in [-0.15, -0.1) is 0 Å². The second-order valence-corrected chi connectivity index (χ2v) is 12.6. The normalized spacial score (nSPS) is 12.6. The number of methoxy groups -OCH3 is 2. The third kappa shape index (κ3) is 11.7. The Balaban J connectivity index is 1.94. The maximum absolute atomic E-state index is 9.65. The van der Waals surface area contributed by atoms with Crippen LogP contribution in [0.5, 0.6) is 23.0 Å². The second kappa shape index (κ2) is 20.3. The molecule has 2 aromatic carbocycles. The number of unbranched alkanes of at least 4 members (excludes halogenated alkanes) is 6. The van der Waals surface area contributed by atoms with Crippen LogP contribution < -0.4 is 18.9 Å². The highest BCUT2D eigenvalue weighted by atomic mass is 79.9. The van der Waals surface area contributed by atoms with E-state index in [1.165, 1.54) is 0 Å². The topological polar surface area (TPSA) is 93.7 Å². The minimum atomic E-state index is -0.0226. The lowest BCUT2D eigenvalue weighted by Crippen LogP contribution is -2.02. The van der Waals surface area contributed by atoms with Crippen molar-refractivity contribution in [2.24, 2.45) is 0 Å². The highest BCUT2D eigenvalue weighted by Gasteiger charge is 2.16. The Morgan fingerprint density at radius 2 is 1.13 bits per heavy atom. The van der Waals surface area contributed by atoms with E-state index in [-0.39, 0.29) is 5.57 Å². The Hall–Kier alpha value is -3.92. The van der Waals surface area contributed by atoms with E-state index in [4.69, 9.17) is 23.7 Å². The first-order valence-corrected chi connectivity index (χ1v) is 17.5. The molecule has 1 aliphatic heterocycles. The van der Waals surface area contributed by atoms with E-state index in [0.29, 0.717) is 53.3 Å². The first kappa shape index (κ1) is 37.5. The molecule has 0 spiro atoms. The van der Waals surface area contributed by atoms with E-state index >= 15 is 0 Å². The van der Waals surface area contributed by atoms with Crippen LogP contribution in [-0.2, 0) is 4.74 Å². The molecule has 0 fully saturated rings. The van der Waals surface area contributed by atoms with Crippen molar-refractivity contribution in [3.8, 4) is 35.1 Å². The Bertz CT molecular complexity index is 1490. The number of benzene rings is 2. The molecular weight excluding hydrogens is 724 g/mol. The molecule has 0 N–H and O–H groups in total. The minimum Gasteiger partial charge on any atom is -0.493 e. The van der Waals surface area contributed by atoms with E-state index in [9.17, 15) is 10.5 Å². The van der Waals surface area contributed by atoms with Crippen LogP contribution in [0.3, 0.4) is 0 Å². The number of nitrogens with zero attached hydrogens (tertiary/aromatic N) is 2. The molecular formula is C38H42Br2N2O5. The number of nitriles is 2. The zero-order valence-corrected chi connectivity index (χ0v) is 30.7. The zero-order chi connectivity index (χ0) is 34.0. The average Bonchev–Trinajstić information content (AvgIpc) is 3.07. The predicted octanol–water partition coefficient (Wildman–Crippen LogP) is 11.0. The van der Waals surface area contributed by atoms with Crippen molar-refractivity contribution >= 4 is 44.0 Å². The number of ether oxygens (including phenoxy) is 5. The first-order valence-electron chi connectivity index (χ1n) is 15.9. The summed E-state index contributed by atoms with van der Waals surface area (Å²) in [6.45, 7) is 5.50. The van der Waals surface area contributed by atoms with Gasteiger partial charge in [0.25, 0.3) is 0 Å². The molecule has 2 aromatic rings. The van der Waals surface area contributed by atoms with Gasteiger partial charge in [-0.2, -0.15) is 10.5 Å². The lowest BCUT2D eigenvalue weighted by molar-refractivity contribution is 0.284. The van der Waals surface area contributed by atoms with Gasteiger partial charge in [-0.25, -0.2) is 0 Å². The van der Waals surface area contributed by atoms with Gasteiger partial charge in [-0.05, 0) is 73.6 Å². The van der Waals surface area contributed by atoms with E-state index in [1.807, 2.05) is 48.6 Å². The molecule has 9 heteroatoms. The molecule has 0 amide bonds. The number of halogens is 2. The van der Waals surface area contributed by atoms with Crippen molar-refractivity contribution in [2.45, 2.75) is 65.2 Å². The van der Waals surface area contributed by atoms with Crippen LogP contribution in [0.4, 0.5) is 0 Å². The second-order valence-electron chi connectivity index (χ2n) is 10.8. The molecule has 0 unspecified atom stereocenters. The summed E-state index contributed by atoms with van der Waals surface area (Å²) in [7, 11) is 3.23. The van der Waals surface area contributed by atoms with Gasteiger partial charge in [0.15, 0.2) is 23.0 Å². The molecule has 0 aliphatic carbocycles. The van der Waals surface area contributed by atoms with Gasteiger partial charge >= 0.3 is 0 Å². The molecule has 1 aliphatic rings. The summed E-state index contributed by atoms with van der Waals surface area (Å²) in [5.74, 6) is 3.37. The number of hydrogen-bond acceptors (Lipinski definition) is 7. The molecule has 3 rings (SSSR count). The lowest BCUT2D eigenvalue weighted by Gasteiger charge is -2.16. The summed E-state index contributed by atoms with van der Waals surface area (Å²) < 4.78 is 31.5. The maximum Gasteiger partial charge on any atom is 0.168 e. The smallest absolute Gasteiger partial charge is 0.168 e. The van der Waals surface area contributed by atoms with Crippen LogP contribution in [0.15, 0.2) is 80.2 Å². The van der Waals surface area contributed by atoms with Crippen molar-refractivity contribution < 1.29 is 23.7 Å². The van der Waals surface area contributed by atoms with Gasteiger partial charge in [0.05, 0.1) is 27.4 Å². The summed E-state index contributed by atoms with van der Waals surface area (Å²) in [6, 6.07) is 11.6. The minimum absolute atomic E-state index is 0.0226. The molecule has 248 valence electrons. The summed E-state index contributed by atoms with van der Waals surface area (Å²) >= 11 is 7.14. The van der Waals surface area contributed by atoms with Crippen molar-refractivity contribution in [1.82, 2.24) is 0 Å². The summed E-state index contributed by atoms with van der Waals surface area (Å²) in [4.78, 5) is 0. The average molecular weight is 767 g/mol. The fraction of sp³-hybridized carbons (Fsp3) is 0.368. The van der Waals surface area contributed by atoms with Crippen LogP contribution in [0.25, 0.3) is 12.2 Å². The van der Waals surface area contributed by atoms with Gasteiger partial charge in [0.1, 0.15) is 29.2 Å². The van der Waals surface area contributed by atoms with Crippen LogP contribution in [-0.4, -0.2) is 27.4 Å². The largest absolute Gasteiger partial charge is 0.493 e. The third-order valence-corrected chi connectivity index (χ3v) is 8.14. The molecule has 0 saturated carbocycles. The SMILES string of the molecule is CCCCCCOc1c(/C=C/C2=CC(=C(C#N)C#N)C=C(/C=C/c3cc(Br)cc(OC)c3OCCCCCC)O2)cc(Br)cc1OC. The van der Waals surface area contributed by atoms with Gasteiger partial charge in [-0.3, -0.25) is 0 Å². The highest BCUT2D eigenvalue weighted by Crippen LogP contribution is 2.38. The van der Waals surface area contributed by atoms with E-state index in [0.717, 1.165) is 71.4 Å². The maximum atomic E-state index is 9.65. The first-order chi connectivity index (χ1) is 22.9. The fourth-order valence-electron chi connectivity index (χ4n) is 4.79.